The Labute approximate surface area is 187 Å². The van der Waals surface area contributed by atoms with Crippen molar-refractivity contribution in [1.82, 2.24) is 19.1 Å². The number of aromatic nitrogens is 4. The number of hydrogen-bond acceptors (Lipinski definition) is 6. The van der Waals surface area contributed by atoms with Gasteiger partial charge in [-0.05, 0) is 56.0 Å². The minimum Gasteiger partial charge on any atom is -0.440 e. The molecule has 0 atom stereocenters. The van der Waals surface area contributed by atoms with Crippen molar-refractivity contribution in [3.8, 4) is 16.5 Å². The predicted molar refractivity (Wildman–Crippen MR) is 125 cm³/mol. The van der Waals surface area contributed by atoms with E-state index in [9.17, 15) is 9.59 Å². The Balaban J connectivity index is 1.76. The summed E-state index contributed by atoms with van der Waals surface area (Å²) >= 11 is 1.52. The lowest BCUT2D eigenvalue weighted by atomic mass is 10.1. The quantitative estimate of drug-likeness (QED) is 0.414. The molecule has 0 aliphatic carbocycles. The Morgan fingerprint density at radius 1 is 1.00 bits per heavy atom. The summed E-state index contributed by atoms with van der Waals surface area (Å²) < 4.78 is 8.52. The third-order valence-corrected chi connectivity index (χ3v) is 6.22. The fraction of sp³-hybridized carbons (Fsp3) is 0.167. The van der Waals surface area contributed by atoms with Gasteiger partial charge in [0.05, 0.1) is 22.5 Å². The minimum absolute atomic E-state index is 0.00840. The van der Waals surface area contributed by atoms with Gasteiger partial charge in [-0.25, -0.2) is 19.3 Å². The zero-order chi connectivity index (χ0) is 22.4. The molecule has 32 heavy (non-hydrogen) atoms. The molecule has 0 aliphatic rings. The smallest absolute Gasteiger partial charge is 0.337 e. The second kappa shape index (κ2) is 7.72. The van der Waals surface area contributed by atoms with E-state index in [0.29, 0.717) is 34.1 Å². The third-order valence-electron chi connectivity index (χ3n) is 5.37. The number of thiophene rings is 1. The van der Waals surface area contributed by atoms with Crippen molar-refractivity contribution in [2.24, 2.45) is 0 Å². The number of rotatable bonds is 4. The lowest BCUT2D eigenvalue weighted by Crippen LogP contribution is -2.40. The Morgan fingerprint density at radius 2 is 1.78 bits per heavy atom. The van der Waals surface area contributed by atoms with Crippen molar-refractivity contribution in [3.05, 3.63) is 97.5 Å². The van der Waals surface area contributed by atoms with Crippen LogP contribution < -0.4 is 11.2 Å². The van der Waals surface area contributed by atoms with Crippen LogP contribution in [-0.2, 0) is 6.54 Å². The van der Waals surface area contributed by atoms with Crippen molar-refractivity contribution in [2.75, 3.05) is 0 Å². The van der Waals surface area contributed by atoms with Crippen molar-refractivity contribution >= 4 is 22.4 Å². The molecule has 0 spiro atoms. The summed E-state index contributed by atoms with van der Waals surface area (Å²) in [5.41, 5.74) is 2.20. The van der Waals surface area contributed by atoms with Crippen molar-refractivity contribution in [3.63, 3.8) is 0 Å². The molecule has 5 aromatic rings. The van der Waals surface area contributed by atoms with Crippen LogP contribution >= 0.6 is 11.3 Å². The van der Waals surface area contributed by atoms with Crippen molar-refractivity contribution in [2.45, 2.75) is 27.3 Å². The van der Waals surface area contributed by atoms with E-state index in [0.717, 1.165) is 16.1 Å². The van der Waals surface area contributed by atoms with Gasteiger partial charge in [-0.15, -0.1) is 11.3 Å². The van der Waals surface area contributed by atoms with E-state index in [-0.39, 0.29) is 12.1 Å². The molecule has 0 bridgehead atoms. The first-order valence-corrected chi connectivity index (χ1v) is 11.0. The highest BCUT2D eigenvalue weighted by Gasteiger charge is 2.20. The van der Waals surface area contributed by atoms with Crippen molar-refractivity contribution in [1.29, 1.82) is 0 Å². The Morgan fingerprint density at radius 3 is 2.50 bits per heavy atom. The molecule has 5 rings (SSSR count). The fourth-order valence-corrected chi connectivity index (χ4v) is 4.50. The first kappa shape index (κ1) is 20.1. The van der Waals surface area contributed by atoms with E-state index < -0.39 is 5.69 Å². The lowest BCUT2D eigenvalue weighted by molar-refractivity contribution is 0.537. The Bertz CT molecular complexity index is 1560. The molecule has 0 saturated carbocycles. The van der Waals surface area contributed by atoms with Crippen molar-refractivity contribution < 1.29 is 4.42 Å². The molecule has 4 heterocycles. The van der Waals surface area contributed by atoms with Gasteiger partial charge in [0.15, 0.2) is 5.65 Å². The van der Waals surface area contributed by atoms with Crippen LogP contribution in [0.25, 0.3) is 27.5 Å². The molecule has 8 heteroatoms. The second-order valence-corrected chi connectivity index (χ2v) is 8.57. The van der Waals surface area contributed by atoms with Gasteiger partial charge in [-0.1, -0.05) is 24.3 Å². The van der Waals surface area contributed by atoms with Crippen LogP contribution in [0.15, 0.2) is 67.9 Å². The van der Waals surface area contributed by atoms with E-state index in [2.05, 4.69) is 9.97 Å². The zero-order valence-electron chi connectivity index (χ0n) is 17.8. The summed E-state index contributed by atoms with van der Waals surface area (Å²) in [5.74, 6) is 1.06. The standard InChI is InChI=1S/C24H20N4O3S/c1-14-12-15(2)25-21-20(14)23(29)27(24(30)28(21)17-8-5-4-6-9-17)13-18-16(3)31-22(26-18)19-10-7-11-32-19/h4-12H,13H2,1-3H3. The molecule has 1 aromatic carbocycles. The van der Waals surface area contributed by atoms with Crippen LogP contribution in [0, 0.1) is 20.8 Å². The number of benzene rings is 1. The second-order valence-electron chi connectivity index (χ2n) is 7.62. The third kappa shape index (κ3) is 3.29. The van der Waals surface area contributed by atoms with E-state index in [1.54, 1.807) is 6.92 Å². The van der Waals surface area contributed by atoms with Gasteiger partial charge in [0.25, 0.3) is 5.56 Å². The molecule has 0 radical (unpaired) electrons. The van der Waals surface area contributed by atoms with Gasteiger partial charge in [0, 0.05) is 5.69 Å². The number of nitrogens with zero attached hydrogens (tertiary/aromatic N) is 4. The van der Waals surface area contributed by atoms with E-state index >= 15 is 0 Å². The highest BCUT2D eigenvalue weighted by atomic mass is 32.1. The normalized spacial score (nSPS) is 11.3. The Kier molecular flexibility index (Phi) is 4.86. The van der Waals surface area contributed by atoms with Crippen LogP contribution in [0.3, 0.4) is 0 Å². The molecule has 0 amide bonds. The van der Waals surface area contributed by atoms with Crippen LogP contribution in [0.4, 0.5) is 0 Å². The topological polar surface area (TPSA) is 82.9 Å². The van der Waals surface area contributed by atoms with Gasteiger partial charge < -0.3 is 4.42 Å². The number of hydrogen-bond donors (Lipinski definition) is 0. The molecule has 7 nitrogen and oxygen atoms in total. The molecule has 0 unspecified atom stereocenters. The highest BCUT2D eigenvalue weighted by molar-refractivity contribution is 7.13. The molecule has 4 aromatic heterocycles. The average Bonchev–Trinajstić information content (AvgIpc) is 3.41. The van der Waals surface area contributed by atoms with Crippen LogP contribution in [0.2, 0.25) is 0 Å². The largest absolute Gasteiger partial charge is 0.440 e. The predicted octanol–water partition coefficient (Wildman–Crippen LogP) is 4.24. The lowest BCUT2D eigenvalue weighted by Gasteiger charge is -2.15. The summed E-state index contributed by atoms with van der Waals surface area (Å²) in [6, 6.07) is 14.9. The Hall–Kier alpha value is -3.78. The molecule has 0 N–H and O–H groups in total. The van der Waals surface area contributed by atoms with Gasteiger partial charge in [0.2, 0.25) is 5.89 Å². The summed E-state index contributed by atoms with van der Waals surface area (Å²) in [7, 11) is 0. The van der Waals surface area contributed by atoms with Crippen LogP contribution in [0.5, 0.6) is 0 Å². The molecular weight excluding hydrogens is 424 g/mol. The average molecular weight is 445 g/mol. The van der Waals surface area contributed by atoms with Crippen LogP contribution in [-0.4, -0.2) is 19.1 Å². The van der Waals surface area contributed by atoms with E-state index in [1.165, 1.54) is 20.5 Å². The summed E-state index contributed by atoms with van der Waals surface area (Å²) in [6.07, 6.45) is 0. The van der Waals surface area contributed by atoms with Crippen LogP contribution in [0.1, 0.15) is 22.7 Å². The number of para-hydroxylation sites is 1. The molecule has 0 saturated heterocycles. The monoisotopic (exact) mass is 444 g/mol. The summed E-state index contributed by atoms with van der Waals surface area (Å²) in [4.78, 5) is 37.1. The first-order valence-electron chi connectivity index (χ1n) is 10.1. The van der Waals surface area contributed by atoms with E-state index in [1.807, 2.05) is 67.8 Å². The molecule has 160 valence electrons. The van der Waals surface area contributed by atoms with Gasteiger partial charge in [-0.3, -0.25) is 9.36 Å². The number of aryl methyl sites for hydroxylation is 3. The van der Waals surface area contributed by atoms with Gasteiger partial charge >= 0.3 is 5.69 Å². The minimum atomic E-state index is -0.466. The number of fused-ring (bicyclic) bond motifs is 1. The van der Waals surface area contributed by atoms with E-state index in [4.69, 9.17) is 4.42 Å². The molecular formula is C24H20N4O3S. The first-order chi connectivity index (χ1) is 15.4. The maximum atomic E-state index is 13.6. The summed E-state index contributed by atoms with van der Waals surface area (Å²) in [5, 5.41) is 2.36. The van der Waals surface area contributed by atoms with Gasteiger partial charge in [-0.2, -0.15) is 0 Å². The maximum Gasteiger partial charge on any atom is 0.337 e. The SMILES string of the molecule is Cc1cc(C)c2c(=O)n(Cc3nc(-c4cccs4)oc3C)c(=O)n(-c3ccccc3)c2n1. The number of oxazole rings is 1. The summed E-state index contributed by atoms with van der Waals surface area (Å²) in [6.45, 7) is 5.51. The molecule has 0 aliphatic heterocycles. The zero-order valence-corrected chi connectivity index (χ0v) is 18.6. The maximum absolute atomic E-state index is 13.6. The fourth-order valence-electron chi connectivity index (χ4n) is 3.86. The molecule has 0 fully saturated rings. The highest BCUT2D eigenvalue weighted by Crippen LogP contribution is 2.26. The number of pyridine rings is 1. The van der Waals surface area contributed by atoms with Gasteiger partial charge in [0.1, 0.15) is 11.5 Å².